The summed E-state index contributed by atoms with van der Waals surface area (Å²) in [6.07, 6.45) is 0. The molecule has 0 atom stereocenters. The predicted octanol–water partition coefficient (Wildman–Crippen LogP) is 3.83. The van der Waals surface area contributed by atoms with Gasteiger partial charge in [-0.3, -0.25) is 0 Å². The lowest BCUT2D eigenvalue weighted by Gasteiger charge is -2.00. The number of pyridine rings is 1. The van der Waals surface area contributed by atoms with Gasteiger partial charge in [-0.25, -0.2) is 4.98 Å². The van der Waals surface area contributed by atoms with Crippen molar-refractivity contribution in [1.82, 2.24) is 4.98 Å². The first kappa shape index (κ1) is 9.33. The van der Waals surface area contributed by atoms with Gasteiger partial charge in [0.25, 0.3) is 0 Å². The lowest BCUT2D eigenvalue weighted by molar-refractivity contribution is 0.584. The largest absolute Gasteiger partial charge is 0.234 e. The van der Waals surface area contributed by atoms with Crippen molar-refractivity contribution in [3.05, 3.63) is 26.2 Å². The number of hydrogen-bond acceptors (Lipinski definition) is 1. The second-order valence-electron chi connectivity index (χ2n) is 1.64. The Morgan fingerprint density at radius 1 is 0.909 bits per heavy atom. The normalized spacial score (nSPS) is 10.3. The maximum atomic E-state index is 12.5. The van der Waals surface area contributed by atoms with Crippen molar-refractivity contribution in [3.63, 3.8) is 0 Å². The number of rotatable bonds is 0. The molecule has 0 amide bonds. The van der Waals surface area contributed by atoms with Gasteiger partial charge >= 0.3 is 0 Å². The van der Waals surface area contributed by atoms with E-state index in [-0.39, 0.29) is 20.2 Å². The van der Waals surface area contributed by atoms with Gasteiger partial charge in [0.05, 0.1) is 10.0 Å². The Hall–Kier alpha value is 0.240. The van der Waals surface area contributed by atoms with E-state index < -0.39 is 5.95 Å². The molecule has 11 heavy (non-hydrogen) atoms. The zero-order valence-electron chi connectivity index (χ0n) is 4.84. The molecule has 60 valence electrons. The Balaban J connectivity index is 3.46. The van der Waals surface area contributed by atoms with Gasteiger partial charge in [0, 0.05) is 0 Å². The second kappa shape index (κ2) is 3.31. The van der Waals surface area contributed by atoms with Crippen LogP contribution in [0.25, 0.3) is 0 Å². The molecule has 0 radical (unpaired) electrons. The fourth-order valence-corrected chi connectivity index (χ4v) is 1.17. The van der Waals surface area contributed by atoms with Crippen LogP contribution in [0.1, 0.15) is 0 Å². The van der Waals surface area contributed by atoms with Crippen LogP contribution >= 0.6 is 46.4 Å². The Bertz CT molecular complexity index is 275. The summed E-state index contributed by atoms with van der Waals surface area (Å²) in [7, 11) is 0. The Morgan fingerprint density at radius 2 is 1.45 bits per heavy atom. The van der Waals surface area contributed by atoms with E-state index in [9.17, 15) is 4.39 Å². The van der Waals surface area contributed by atoms with E-state index in [1.807, 2.05) is 0 Å². The molecule has 1 aromatic heterocycles. The molecule has 0 aliphatic rings. The van der Waals surface area contributed by atoms with Crippen molar-refractivity contribution in [2.45, 2.75) is 0 Å². The molecular formula is C5Cl4FN. The highest BCUT2D eigenvalue weighted by molar-refractivity contribution is 6.51. The lowest BCUT2D eigenvalue weighted by atomic mass is 10.5. The quantitative estimate of drug-likeness (QED) is 0.622. The summed E-state index contributed by atoms with van der Waals surface area (Å²) in [5.41, 5.74) is 0. The highest BCUT2D eigenvalue weighted by Gasteiger charge is 2.13. The Kier molecular flexibility index (Phi) is 2.81. The molecular weight excluding hydrogens is 235 g/mol. The molecule has 6 heteroatoms. The first-order valence-corrected chi connectivity index (χ1v) is 3.90. The summed E-state index contributed by atoms with van der Waals surface area (Å²) in [6, 6.07) is 0. The highest BCUT2D eigenvalue weighted by atomic mass is 35.5. The monoisotopic (exact) mass is 233 g/mol. The van der Waals surface area contributed by atoms with Gasteiger partial charge in [0.1, 0.15) is 5.02 Å². The van der Waals surface area contributed by atoms with Crippen LogP contribution in [0.3, 0.4) is 0 Å². The Labute approximate surface area is 82.0 Å². The van der Waals surface area contributed by atoms with Crippen LogP contribution in [-0.4, -0.2) is 4.98 Å². The van der Waals surface area contributed by atoms with Crippen molar-refractivity contribution in [3.8, 4) is 0 Å². The molecule has 0 saturated carbocycles. The van der Waals surface area contributed by atoms with Crippen LogP contribution in [0.15, 0.2) is 0 Å². The van der Waals surface area contributed by atoms with Crippen LogP contribution in [0.4, 0.5) is 4.39 Å². The van der Waals surface area contributed by atoms with Crippen molar-refractivity contribution < 1.29 is 4.39 Å². The molecule has 0 aromatic carbocycles. The van der Waals surface area contributed by atoms with Crippen molar-refractivity contribution >= 4 is 46.4 Å². The smallest absolute Gasteiger partial charge is 0.205 e. The van der Waals surface area contributed by atoms with Crippen LogP contribution in [-0.2, 0) is 0 Å². The third-order valence-corrected chi connectivity index (χ3v) is 2.60. The fraction of sp³-hybridized carbons (Fsp3) is 0. The molecule has 0 spiro atoms. The summed E-state index contributed by atoms with van der Waals surface area (Å²) in [6.45, 7) is 0. The van der Waals surface area contributed by atoms with E-state index >= 15 is 0 Å². The molecule has 1 aromatic rings. The fourth-order valence-electron chi connectivity index (χ4n) is 0.462. The highest BCUT2D eigenvalue weighted by Crippen LogP contribution is 2.35. The first-order chi connectivity index (χ1) is 5.04. The maximum absolute atomic E-state index is 12.5. The summed E-state index contributed by atoms with van der Waals surface area (Å²) >= 11 is 21.6. The Morgan fingerprint density at radius 3 is 2.00 bits per heavy atom. The van der Waals surface area contributed by atoms with Crippen molar-refractivity contribution in [1.29, 1.82) is 0 Å². The summed E-state index contributed by atoms with van der Waals surface area (Å²) in [5.74, 6) is -0.925. The lowest BCUT2D eigenvalue weighted by Crippen LogP contribution is -1.87. The average Bonchev–Trinajstić information content (AvgIpc) is 1.97. The molecule has 0 bridgehead atoms. The maximum Gasteiger partial charge on any atom is 0.234 e. The van der Waals surface area contributed by atoms with Gasteiger partial charge in [-0.15, -0.1) is 0 Å². The van der Waals surface area contributed by atoms with Crippen LogP contribution in [0, 0.1) is 5.95 Å². The number of hydrogen-bond donors (Lipinski definition) is 0. The van der Waals surface area contributed by atoms with Crippen molar-refractivity contribution in [2.24, 2.45) is 0 Å². The molecule has 1 nitrogen and oxygen atoms in total. The minimum Gasteiger partial charge on any atom is -0.205 e. The topological polar surface area (TPSA) is 12.9 Å². The minimum atomic E-state index is -0.925. The number of nitrogens with zero attached hydrogens (tertiary/aromatic N) is 1. The minimum absolute atomic E-state index is 0.0419. The SMILES string of the molecule is Fc1nc(Cl)c(Cl)c(Cl)c1Cl. The zero-order valence-corrected chi connectivity index (χ0v) is 7.86. The molecule has 0 fully saturated rings. The molecule has 0 aliphatic heterocycles. The van der Waals surface area contributed by atoms with E-state index in [4.69, 9.17) is 46.4 Å². The molecule has 0 N–H and O–H groups in total. The molecule has 1 heterocycles. The van der Waals surface area contributed by atoms with Gasteiger partial charge in [-0.05, 0) is 0 Å². The predicted molar refractivity (Wildman–Crippen MR) is 44.2 cm³/mol. The standard InChI is InChI=1S/C5Cl4FN/c6-1-2(7)4(9)11-5(10)3(1)8. The molecule has 1 rings (SSSR count). The van der Waals surface area contributed by atoms with E-state index in [1.165, 1.54) is 0 Å². The molecule has 0 unspecified atom stereocenters. The van der Waals surface area contributed by atoms with Crippen molar-refractivity contribution in [2.75, 3.05) is 0 Å². The van der Waals surface area contributed by atoms with E-state index in [0.717, 1.165) is 0 Å². The van der Waals surface area contributed by atoms with Gasteiger partial charge in [-0.1, -0.05) is 46.4 Å². The van der Waals surface area contributed by atoms with Gasteiger partial charge in [0.15, 0.2) is 5.15 Å². The van der Waals surface area contributed by atoms with E-state index in [0.29, 0.717) is 0 Å². The van der Waals surface area contributed by atoms with E-state index in [1.54, 1.807) is 0 Å². The number of aromatic nitrogens is 1. The van der Waals surface area contributed by atoms with Gasteiger partial charge < -0.3 is 0 Å². The van der Waals surface area contributed by atoms with Crippen LogP contribution in [0.5, 0.6) is 0 Å². The summed E-state index contributed by atoms with van der Waals surface area (Å²) in [4.78, 5) is 3.18. The molecule has 0 aliphatic carbocycles. The molecule has 0 saturated heterocycles. The third-order valence-electron chi connectivity index (χ3n) is 0.944. The van der Waals surface area contributed by atoms with Crippen LogP contribution < -0.4 is 0 Å². The summed E-state index contributed by atoms with van der Waals surface area (Å²) in [5, 5.41) is -0.676. The zero-order chi connectivity index (χ0) is 8.59. The average molecular weight is 235 g/mol. The first-order valence-electron chi connectivity index (χ1n) is 2.39. The van der Waals surface area contributed by atoms with Crippen LogP contribution in [0.2, 0.25) is 20.2 Å². The van der Waals surface area contributed by atoms with Gasteiger partial charge in [-0.2, -0.15) is 4.39 Å². The number of halogens is 5. The second-order valence-corrected chi connectivity index (χ2v) is 3.13. The van der Waals surface area contributed by atoms with E-state index in [2.05, 4.69) is 4.98 Å². The third kappa shape index (κ3) is 1.70. The summed E-state index contributed by atoms with van der Waals surface area (Å²) < 4.78 is 12.5. The van der Waals surface area contributed by atoms with Gasteiger partial charge in [0.2, 0.25) is 5.95 Å².